The molecule has 0 bridgehead atoms. The first-order valence-corrected chi connectivity index (χ1v) is 6.08. The molecule has 1 aliphatic carbocycles. The van der Waals surface area contributed by atoms with Crippen LogP contribution in [0.1, 0.15) is 46.0 Å². The van der Waals surface area contributed by atoms with Crippen LogP contribution < -0.4 is 5.32 Å². The van der Waals surface area contributed by atoms with Gasteiger partial charge in [0.25, 0.3) is 0 Å². The lowest BCUT2D eigenvalue weighted by Crippen LogP contribution is -2.57. The number of rotatable bonds is 4. The van der Waals surface area contributed by atoms with Gasteiger partial charge in [0, 0.05) is 0 Å². The summed E-state index contributed by atoms with van der Waals surface area (Å²) < 4.78 is 0. The van der Waals surface area contributed by atoms with Crippen LogP contribution in [0.4, 0.5) is 0 Å². The number of hydrogen-bond donors (Lipinski definition) is 1. The highest BCUT2D eigenvalue weighted by molar-refractivity contribution is 4.90. The van der Waals surface area contributed by atoms with Gasteiger partial charge in [-0.1, -0.05) is 20.3 Å². The third kappa shape index (κ3) is 2.29. The summed E-state index contributed by atoms with van der Waals surface area (Å²) in [6.07, 6.45) is 6.76. The molecule has 0 aliphatic heterocycles. The van der Waals surface area contributed by atoms with E-state index in [0.29, 0.717) is 5.66 Å². The Morgan fingerprint density at radius 3 is 2.21 bits per heavy atom. The van der Waals surface area contributed by atoms with Crippen molar-refractivity contribution in [2.45, 2.75) is 51.6 Å². The summed E-state index contributed by atoms with van der Waals surface area (Å²) in [7, 11) is 4.35. The van der Waals surface area contributed by atoms with Crippen molar-refractivity contribution in [3.8, 4) is 0 Å². The maximum Gasteiger partial charge on any atom is 0.0707 e. The summed E-state index contributed by atoms with van der Waals surface area (Å²) in [6.45, 7) is 5.70. The Balaban J connectivity index is 2.56. The topological polar surface area (TPSA) is 15.3 Å². The molecular formula is C12H26N2. The van der Waals surface area contributed by atoms with Gasteiger partial charge in [-0.25, -0.2) is 0 Å². The van der Waals surface area contributed by atoms with E-state index < -0.39 is 0 Å². The number of hydrogen-bond acceptors (Lipinski definition) is 2. The van der Waals surface area contributed by atoms with Crippen molar-refractivity contribution in [1.82, 2.24) is 10.2 Å². The van der Waals surface area contributed by atoms with Crippen molar-refractivity contribution in [2.75, 3.05) is 20.6 Å². The molecule has 0 aromatic rings. The molecule has 1 aliphatic rings. The molecule has 2 heteroatoms. The van der Waals surface area contributed by atoms with Crippen LogP contribution >= 0.6 is 0 Å². The SMILES string of the molecule is CCC1CCC(NC)(N(C)CC)CC1. The van der Waals surface area contributed by atoms with Gasteiger partial charge < -0.3 is 5.32 Å². The van der Waals surface area contributed by atoms with Crippen molar-refractivity contribution in [2.24, 2.45) is 5.92 Å². The predicted octanol–water partition coefficient (Wildman–Crippen LogP) is 2.45. The minimum absolute atomic E-state index is 0.292. The number of nitrogens with one attached hydrogen (secondary N) is 1. The van der Waals surface area contributed by atoms with Crippen LogP contribution in [0.15, 0.2) is 0 Å². The highest BCUT2D eigenvalue weighted by atomic mass is 15.3. The van der Waals surface area contributed by atoms with E-state index in [4.69, 9.17) is 0 Å². The predicted molar refractivity (Wildman–Crippen MR) is 62.3 cm³/mol. The second-order valence-electron chi connectivity index (χ2n) is 4.65. The lowest BCUT2D eigenvalue weighted by Gasteiger charge is -2.46. The molecule has 0 atom stereocenters. The fraction of sp³-hybridized carbons (Fsp3) is 1.00. The summed E-state index contributed by atoms with van der Waals surface area (Å²) in [6, 6.07) is 0. The Hall–Kier alpha value is -0.0800. The molecule has 0 unspecified atom stereocenters. The summed E-state index contributed by atoms with van der Waals surface area (Å²) in [5, 5.41) is 3.54. The first-order chi connectivity index (χ1) is 6.68. The third-order valence-electron chi connectivity index (χ3n) is 4.18. The zero-order chi connectivity index (χ0) is 10.6. The van der Waals surface area contributed by atoms with Crippen LogP contribution in [0, 0.1) is 5.92 Å². The molecule has 1 fully saturated rings. The monoisotopic (exact) mass is 198 g/mol. The van der Waals surface area contributed by atoms with Crippen molar-refractivity contribution in [1.29, 1.82) is 0 Å². The lowest BCUT2D eigenvalue weighted by molar-refractivity contribution is 0.0368. The largest absolute Gasteiger partial charge is 0.302 e. The first-order valence-electron chi connectivity index (χ1n) is 6.08. The van der Waals surface area contributed by atoms with E-state index in [2.05, 4.69) is 38.2 Å². The fourth-order valence-corrected chi connectivity index (χ4v) is 2.69. The van der Waals surface area contributed by atoms with Gasteiger partial charge in [0.1, 0.15) is 0 Å². The average Bonchev–Trinajstić information content (AvgIpc) is 2.28. The third-order valence-corrected chi connectivity index (χ3v) is 4.18. The molecule has 1 saturated carbocycles. The molecule has 0 aromatic heterocycles. The minimum atomic E-state index is 0.292. The van der Waals surface area contributed by atoms with Gasteiger partial charge in [-0.2, -0.15) is 0 Å². The molecule has 0 aromatic carbocycles. The van der Waals surface area contributed by atoms with E-state index in [9.17, 15) is 0 Å². The van der Waals surface area contributed by atoms with Crippen LogP contribution in [0.25, 0.3) is 0 Å². The van der Waals surface area contributed by atoms with E-state index in [1.54, 1.807) is 0 Å². The fourth-order valence-electron chi connectivity index (χ4n) is 2.69. The van der Waals surface area contributed by atoms with Gasteiger partial charge in [0.15, 0.2) is 0 Å². The first kappa shape index (κ1) is 12.0. The zero-order valence-corrected chi connectivity index (χ0v) is 10.3. The highest BCUT2D eigenvalue weighted by Crippen LogP contribution is 2.34. The average molecular weight is 198 g/mol. The van der Waals surface area contributed by atoms with Gasteiger partial charge in [-0.3, -0.25) is 4.90 Å². The van der Waals surface area contributed by atoms with E-state index in [1.165, 1.54) is 32.1 Å². The van der Waals surface area contributed by atoms with Crippen molar-refractivity contribution in [3.63, 3.8) is 0 Å². The molecule has 0 saturated heterocycles. The van der Waals surface area contributed by atoms with E-state index in [1.807, 2.05) is 0 Å². The molecule has 0 spiro atoms. The Labute approximate surface area is 89.1 Å². The standard InChI is InChI=1S/C12H26N2/c1-5-11-7-9-12(13-3,10-8-11)14(4)6-2/h11,13H,5-10H2,1-4H3. The molecule has 1 rings (SSSR count). The van der Waals surface area contributed by atoms with Crippen molar-refractivity contribution < 1.29 is 0 Å². The summed E-state index contributed by atoms with van der Waals surface area (Å²) in [5.41, 5.74) is 0.292. The van der Waals surface area contributed by atoms with Gasteiger partial charge in [-0.15, -0.1) is 0 Å². The molecule has 14 heavy (non-hydrogen) atoms. The highest BCUT2D eigenvalue weighted by Gasteiger charge is 2.35. The normalized spacial score (nSPS) is 33.6. The molecule has 0 radical (unpaired) electrons. The Morgan fingerprint density at radius 2 is 1.86 bits per heavy atom. The molecular weight excluding hydrogens is 172 g/mol. The molecule has 2 nitrogen and oxygen atoms in total. The Kier molecular flexibility index (Phi) is 4.39. The molecule has 0 amide bonds. The van der Waals surface area contributed by atoms with E-state index in [0.717, 1.165) is 12.5 Å². The van der Waals surface area contributed by atoms with Crippen LogP contribution in [0.5, 0.6) is 0 Å². The van der Waals surface area contributed by atoms with Crippen molar-refractivity contribution in [3.05, 3.63) is 0 Å². The molecule has 1 N–H and O–H groups in total. The van der Waals surface area contributed by atoms with Crippen LogP contribution in [0.2, 0.25) is 0 Å². The van der Waals surface area contributed by atoms with Gasteiger partial charge in [0.05, 0.1) is 5.66 Å². The molecule has 0 heterocycles. The quantitative estimate of drug-likeness (QED) is 0.698. The second-order valence-corrected chi connectivity index (χ2v) is 4.65. The maximum atomic E-state index is 3.54. The van der Waals surface area contributed by atoms with Crippen molar-refractivity contribution >= 4 is 0 Å². The zero-order valence-electron chi connectivity index (χ0n) is 10.3. The van der Waals surface area contributed by atoms with Gasteiger partial charge in [0.2, 0.25) is 0 Å². The Bertz CT molecular complexity index is 160. The van der Waals surface area contributed by atoms with Crippen LogP contribution in [0.3, 0.4) is 0 Å². The van der Waals surface area contributed by atoms with Gasteiger partial charge >= 0.3 is 0 Å². The smallest absolute Gasteiger partial charge is 0.0707 e. The lowest BCUT2D eigenvalue weighted by atomic mass is 9.80. The summed E-state index contributed by atoms with van der Waals surface area (Å²) >= 11 is 0. The second kappa shape index (κ2) is 5.13. The summed E-state index contributed by atoms with van der Waals surface area (Å²) in [5.74, 6) is 0.974. The van der Waals surface area contributed by atoms with Crippen LogP contribution in [-0.2, 0) is 0 Å². The number of nitrogens with zero attached hydrogens (tertiary/aromatic N) is 1. The van der Waals surface area contributed by atoms with Gasteiger partial charge in [-0.05, 0) is 52.2 Å². The maximum absolute atomic E-state index is 3.54. The minimum Gasteiger partial charge on any atom is -0.302 e. The summed E-state index contributed by atoms with van der Waals surface area (Å²) in [4.78, 5) is 2.47. The Morgan fingerprint density at radius 1 is 1.29 bits per heavy atom. The molecule has 84 valence electrons. The van der Waals surface area contributed by atoms with Crippen LogP contribution in [-0.4, -0.2) is 31.2 Å². The van der Waals surface area contributed by atoms with E-state index in [-0.39, 0.29) is 0 Å². The van der Waals surface area contributed by atoms with E-state index >= 15 is 0 Å².